The van der Waals surface area contributed by atoms with Crippen LogP contribution in [0.5, 0.6) is 0 Å². The Hall–Kier alpha value is -2.28. The third-order valence-electron chi connectivity index (χ3n) is 3.08. The molecular formula is C14H20N4O3. The average molecular weight is 292 g/mol. The maximum atomic E-state index is 11.7. The maximum absolute atomic E-state index is 11.7. The van der Waals surface area contributed by atoms with Crippen molar-refractivity contribution in [3.8, 4) is 0 Å². The van der Waals surface area contributed by atoms with E-state index in [2.05, 4.69) is 16.0 Å². The van der Waals surface area contributed by atoms with Crippen LogP contribution in [0.2, 0.25) is 0 Å². The highest BCUT2D eigenvalue weighted by Gasteiger charge is 2.21. The topological polar surface area (TPSA) is 82.7 Å². The Bertz CT molecular complexity index is 507. The Morgan fingerprint density at radius 1 is 1.48 bits per heavy atom. The van der Waals surface area contributed by atoms with E-state index in [9.17, 15) is 9.59 Å². The highest BCUT2D eigenvalue weighted by molar-refractivity contribution is 5.95. The van der Waals surface area contributed by atoms with Crippen molar-refractivity contribution < 1.29 is 14.3 Å². The number of carbonyl (C=O) groups excluding carboxylic acids is 2. The molecule has 1 saturated heterocycles. The SMILES string of the molecule is COCCCNC(=O)Nc1cccc(N2CCNC2=O)c1. The Balaban J connectivity index is 1.89. The van der Waals surface area contributed by atoms with Gasteiger partial charge in [0.15, 0.2) is 0 Å². The molecular weight excluding hydrogens is 272 g/mol. The van der Waals surface area contributed by atoms with Gasteiger partial charge in [0.1, 0.15) is 0 Å². The summed E-state index contributed by atoms with van der Waals surface area (Å²) in [5.74, 6) is 0. The predicted octanol–water partition coefficient (Wildman–Crippen LogP) is 1.37. The number of benzene rings is 1. The van der Waals surface area contributed by atoms with Crippen LogP contribution in [0, 0.1) is 0 Å². The zero-order chi connectivity index (χ0) is 15.1. The average Bonchev–Trinajstić information content (AvgIpc) is 2.90. The van der Waals surface area contributed by atoms with Crippen molar-refractivity contribution in [2.75, 3.05) is 43.6 Å². The molecule has 0 aliphatic carbocycles. The fourth-order valence-electron chi connectivity index (χ4n) is 2.06. The summed E-state index contributed by atoms with van der Waals surface area (Å²) in [7, 11) is 1.63. The summed E-state index contributed by atoms with van der Waals surface area (Å²) in [6.07, 6.45) is 0.762. The quantitative estimate of drug-likeness (QED) is 0.693. The molecule has 0 radical (unpaired) electrons. The molecule has 1 aromatic rings. The number of nitrogens with one attached hydrogen (secondary N) is 3. The second kappa shape index (κ2) is 7.49. The summed E-state index contributed by atoms with van der Waals surface area (Å²) in [4.78, 5) is 25.0. The van der Waals surface area contributed by atoms with Gasteiger partial charge in [0.05, 0.1) is 0 Å². The number of rotatable bonds is 6. The highest BCUT2D eigenvalue weighted by atomic mass is 16.5. The molecule has 1 aliphatic heterocycles. The minimum atomic E-state index is -0.269. The molecule has 0 saturated carbocycles. The second-order valence-electron chi connectivity index (χ2n) is 4.66. The van der Waals surface area contributed by atoms with Crippen LogP contribution >= 0.6 is 0 Å². The van der Waals surface area contributed by atoms with E-state index < -0.39 is 0 Å². The van der Waals surface area contributed by atoms with Crippen LogP contribution in [-0.2, 0) is 4.74 Å². The summed E-state index contributed by atoms with van der Waals surface area (Å²) in [5.41, 5.74) is 1.42. The number of amides is 4. The predicted molar refractivity (Wildman–Crippen MR) is 80.7 cm³/mol. The molecule has 114 valence electrons. The maximum Gasteiger partial charge on any atom is 0.321 e. The lowest BCUT2D eigenvalue weighted by Gasteiger charge is -2.15. The Morgan fingerprint density at radius 3 is 3.05 bits per heavy atom. The van der Waals surface area contributed by atoms with Gasteiger partial charge in [0.25, 0.3) is 0 Å². The van der Waals surface area contributed by atoms with E-state index in [-0.39, 0.29) is 12.1 Å². The Kier molecular flexibility index (Phi) is 5.39. The molecule has 1 fully saturated rings. The molecule has 0 bridgehead atoms. The molecule has 4 amide bonds. The molecule has 1 aromatic carbocycles. The molecule has 0 atom stereocenters. The third-order valence-corrected chi connectivity index (χ3v) is 3.08. The molecule has 7 heteroatoms. The minimum Gasteiger partial charge on any atom is -0.385 e. The number of anilines is 2. The number of carbonyl (C=O) groups is 2. The summed E-state index contributed by atoms with van der Waals surface area (Å²) in [6.45, 7) is 2.43. The van der Waals surface area contributed by atoms with Crippen molar-refractivity contribution in [2.24, 2.45) is 0 Å². The first-order chi connectivity index (χ1) is 10.2. The number of hydrogen-bond donors (Lipinski definition) is 3. The van der Waals surface area contributed by atoms with Crippen LogP contribution in [0.1, 0.15) is 6.42 Å². The molecule has 1 aliphatic rings. The van der Waals surface area contributed by atoms with E-state index in [1.54, 1.807) is 24.1 Å². The molecule has 3 N–H and O–H groups in total. The van der Waals surface area contributed by atoms with Gasteiger partial charge in [0.2, 0.25) is 0 Å². The Labute approximate surface area is 123 Å². The van der Waals surface area contributed by atoms with Crippen LogP contribution in [0.25, 0.3) is 0 Å². The van der Waals surface area contributed by atoms with Crippen molar-refractivity contribution in [2.45, 2.75) is 6.42 Å². The lowest BCUT2D eigenvalue weighted by atomic mass is 10.2. The first-order valence-corrected chi connectivity index (χ1v) is 6.90. The fourth-order valence-corrected chi connectivity index (χ4v) is 2.06. The summed E-state index contributed by atoms with van der Waals surface area (Å²) < 4.78 is 4.91. The van der Waals surface area contributed by atoms with Gasteiger partial charge in [-0.15, -0.1) is 0 Å². The highest BCUT2D eigenvalue weighted by Crippen LogP contribution is 2.20. The van der Waals surface area contributed by atoms with Crippen molar-refractivity contribution in [3.63, 3.8) is 0 Å². The molecule has 0 aromatic heterocycles. The van der Waals surface area contributed by atoms with E-state index in [0.29, 0.717) is 31.9 Å². The second-order valence-corrected chi connectivity index (χ2v) is 4.66. The number of ether oxygens (including phenoxy) is 1. The third kappa shape index (κ3) is 4.35. The monoisotopic (exact) mass is 292 g/mol. The van der Waals surface area contributed by atoms with Gasteiger partial charge in [-0.05, 0) is 24.6 Å². The molecule has 2 rings (SSSR count). The van der Waals surface area contributed by atoms with Gasteiger partial charge in [0, 0.05) is 44.7 Å². The van der Waals surface area contributed by atoms with Gasteiger partial charge in [-0.3, -0.25) is 4.90 Å². The van der Waals surface area contributed by atoms with E-state index in [1.165, 1.54) is 0 Å². The first kappa shape index (κ1) is 15.1. The smallest absolute Gasteiger partial charge is 0.321 e. The standard InChI is InChI=1S/C14H20N4O3/c1-21-9-3-6-15-13(19)17-11-4-2-5-12(10-11)18-8-7-16-14(18)20/h2,4-5,10H,3,6-9H2,1H3,(H,16,20)(H2,15,17,19). The van der Waals surface area contributed by atoms with Crippen LogP contribution in [-0.4, -0.2) is 45.4 Å². The molecule has 0 unspecified atom stereocenters. The van der Waals surface area contributed by atoms with Crippen molar-refractivity contribution in [1.82, 2.24) is 10.6 Å². The van der Waals surface area contributed by atoms with Gasteiger partial charge < -0.3 is 20.7 Å². The Morgan fingerprint density at radius 2 is 2.33 bits per heavy atom. The number of methoxy groups -OCH3 is 1. The summed E-state index contributed by atoms with van der Waals surface area (Å²) in [5, 5.41) is 8.23. The lowest BCUT2D eigenvalue weighted by molar-refractivity contribution is 0.194. The molecule has 1 heterocycles. The summed E-state index contributed by atoms with van der Waals surface area (Å²) >= 11 is 0. The van der Waals surface area contributed by atoms with Crippen molar-refractivity contribution >= 4 is 23.4 Å². The van der Waals surface area contributed by atoms with E-state index in [0.717, 1.165) is 12.1 Å². The zero-order valence-electron chi connectivity index (χ0n) is 12.0. The molecule has 21 heavy (non-hydrogen) atoms. The minimum absolute atomic E-state index is 0.115. The molecule has 0 spiro atoms. The van der Waals surface area contributed by atoms with Gasteiger partial charge in [-0.2, -0.15) is 0 Å². The lowest BCUT2D eigenvalue weighted by Crippen LogP contribution is -2.30. The largest absolute Gasteiger partial charge is 0.385 e. The van der Waals surface area contributed by atoms with Crippen LogP contribution < -0.4 is 20.9 Å². The molecule has 7 nitrogen and oxygen atoms in total. The van der Waals surface area contributed by atoms with Gasteiger partial charge in [-0.1, -0.05) is 6.07 Å². The normalized spacial score (nSPS) is 14.0. The summed E-state index contributed by atoms with van der Waals surface area (Å²) in [6, 6.07) is 6.82. The van der Waals surface area contributed by atoms with Gasteiger partial charge in [-0.25, -0.2) is 9.59 Å². The zero-order valence-corrected chi connectivity index (χ0v) is 12.0. The number of nitrogens with zero attached hydrogens (tertiary/aromatic N) is 1. The van der Waals surface area contributed by atoms with Crippen molar-refractivity contribution in [3.05, 3.63) is 24.3 Å². The number of hydrogen-bond acceptors (Lipinski definition) is 3. The van der Waals surface area contributed by atoms with Crippen LogP contribution in [0.4, 0.5) is 21.0 Å². The first-order valence-electron chi connectivity index (χ1n) is 6.90. The fraction of sp³-hybridized carbons (Fsp3) is 0.429. The van der Waals surface area contributed by atoms with E-state index in [1.807, 2.05) is 12.1 Å². The number of urea groups is 2. The van der Waals surface area contributed by atoms with Gasteiger partial charge >= 0.3 is 12.1 Å². The van der Waals surface area contributed by atoms with Crippen molar-refractivity contribution in [1.29, 1.82) is 0 Å². The van der Waals surface area contributed by atoms with E-state index >= 15 is 0 Å². The van der Waals surface area contributed by atoms with Crippen LogP contribution in [0.3, 0.4) is 0 Å². The van der Waals surface area contributed by atoms with E-state index in [4.69, 9.17) is 4.74 Å². The van der Waals surface area contributed by atoms with Crippen LogP contribution in [0.15, 0.2) is 24.3 Å².